The molecule has 1 spiro atoms. The van der Waals surface area contributed by atoms with Crippen molar-refractivity contribution in [2.45, 2.75) is 63.1 Å². The van der Waals surface area contributed by atoms with Gasteiger partial charge >= 0.3 is 6.01 Å². The molecule has 3 aliphatic heterocycles. The van der Waals surface area contributed by atoms with Gasteiger partial charge in [0.25, 0.3) is 0 Å². The van der Waals surface area contributed by atoms with Crippen molar-refractivity contribution in [2.24, 2.45) is 5.41 Å². The van der Waals surface area contributed by atoms with Crippen LogP contribution in [0.5, 0.6) is 6.01 Å². The maximum Gasteiger partial charge on any atom is 0.319 e. The van der Waals surface area contributed by atoms with Gasteiger partial charge in [-0.05, 0) is 74.9 Å². The summed E-state index contributed by atoms with van der Waals surface area (Å²) in [5.41, 5.74) is 0.840. The molecule has 0 bridgehead atoms. The van der Waals surface area contributed by atoms with E-state index in [0.29, 0.717) is 52.5 Å². The Morgan fingerprint density at radius 1 is 1.21 bits per heavy atom. The van der Waals surface area contributed by atoms with Crippen molar-refractivity contribution in [3.05, 3.63) is 66.4 Å². The minimum atomic E-state index is -0.671. The lowest BCUT2D eigenvalue weighted by Gasteiger charge is -2.33. The number of halogens is 2. The van der Waals surface area contributed by atoms with E-state index in [2.05, 4.69) is 27.4 Å². The molecule has 1 amide bonds. The van der Waals surface area contributed by atoms with Gasteiger partial charge in [-0.15, -0.1) is 6.42 Å². The first kappa shape index (κ1) is 30.7. The van der Waals surface area contributed by atoms with E-state index in [-0.39, 0.29) is 46.3 Å². The minimum absolute atomic E-state index is 0.0115. The van der Waals surface area contributed by atoms with E-state index in [0.717, 1.165) is 32.4 Å². The fourth-order valence-electron chi connectivity index (χ4n) is 8.79. The first-order valence-electron chi connectivity index (χ1n) is 16.8. The summed E-state index contributed by atoms with van der Waals surface area (Å²) in [4.78, 5) is 33.1. The number of nitrogens with zero attached hydrogens (tertiary/aromatic N) is 6. The summed E-state index contributed by atoms with van der Waals surface area (Å²) in [6, 6.07) is 8.07. The molecular weight excluding hydrogens is 610 g/mol. The number of rotatable bonds is 7. The Bertz CT molecular complexity index is 2040. The van der Waals surface area contributed by atoms with Crippen molar-refractivity contribution in [1.29, 1.82) is 0 Å². The van der Waals surface area contributed by atoms with Crippen LogP contribution in [0.15, 0.2) is 49.2 Å². The summed E-state index contributed by atoms with van der Waals surface area (Å²) in [7, 11) is 1.90. The van der Waals surface area contributed by atoms with E-state index < -0.39 is 11.6 Å². The van der Waals surface area contributed by atoms with E-state index in [1.165, 1.54) is 25.0 Å². The molecular formula is C38H38F2N6O2. The number of fused-ring (bicyclic) bond motifs is 3. The number of anilines is 1. The molecule has 1 aliphatic carbocycles. The van der Waals surface area contributed by atoms with Gasteiger partial charge in [-0.2, -0.15) is 9.97 Å². The Kier molecular flexibility index (Phi) is 7.18. The van der Waals surface area contributed by atoms with Gasteiger partial charge in [0, 0.05) is 43.3 Å². The van der Waals surface area contributed by atoms with Crippen LogP contribution >= 0.6 is 0 Å². The number of benzene rings is 2. The number of pyridine rings is 1. The zero-order valence-electron chi connectivity index (χ0n) is 27.3. The average molecular weight is 649 g/mol. The number of amides is 1. The molecule has 4 aliphatic rings. The second-order valence-electron chi connectivity index (χ2n) is 14.1. The summed E-state index contributed by atoms with van der Waals surface area (Å²) >= 11 is 0. The number of carbonyl (C=O) groups excluding carboxylic acids is 1. The first-order valence-corrected chi connectivity index (χ1v) is 16.8. The third kappa shape index (κ3) is 4.73. The summed E-state index contributed by atoms with van der Waals surface area (Å²) in [5.74, 6) is 1.55. The van der Waals surface area contributed by atoms with Crippen LogP contribution in [0.1, 0.15) is 51.0 Å². The van der Waals surface area contributed by atoms with Gasteiger partial charge in [-0.1, -0.05) is 36.8 Å². The van der Waals surface area contributed by atoms with Crippen molar-refractivity contribution in [2.75, 3.05) is 38.2 Å². The maximum atomic E-state index is 16.9. The Labute approximate surface area is 278 Å². The molecule has 8 rings (SSSR count). The molecule has 3 saturated heterocycles. The largest absolute Gasteiger partial charge is 0.461 e. The highest BCUT2D eigenvalue weighted by atomic mass is 19.1. The summed E-state index contributed by atoms with van der Waals surface area (Å²) < 4.78 is 38.3. The van der Waals surface area contributed by atoms with Gasteiger partial charge < -0.3 is 14.5 Å². The number of terminal acetylenes is 1. The molecule has 1 unspecified atom stereocenters. The number of likely N-dealkylation sites (tertiary alicyclic amines) is 1. The van der Waals surface area contributed by atoms with E-state index in [1.807, 2.05) is 24.9 Å². The van der Waals surface area contributed by atoms with E-state index in [9.17, 15) is 9.18 Å². The van der Waals surface area contributed by atoms with Crippen LogP contribution in [-0.4, -0.2) is 81.6 Å². The van der Waals surface area contributed by atoms with Crippen molar-refractivity contribution in [3.8, 4) is 29.6 Å². The Balaban J connectivity index is 1.24. The van der Waals surface area contributed by atoms with Crippen molar-refractivity contribution >= 4 is 33.4 Å². The molecule has 48 heavy (non-hydrogen) atoms. The Morgan fingerprint density at radius 2 is 2.04 bits per heavy atom. The number of aromatic nitrogens is 3. The Hall–Kier alpha value is -4.62. The van der Waals surface area contributed by atoms with Gasteiger partial charge in [-0.3, -0.25) is 14.7 Å². The van der Waals surface area contributed by atoms with E-state index in [4.69, 9.17) is 16.1 Å². The lowest BCUT2D eigenvalue weighted by Crippen LogP contribution is -2.44. The molecule has 10 heteroatoms. The highest BCUT2D eigenvalue weighted by Gasteiger charge is 2.60. The predicted molar refractivity (Wildman–Crippen MR) is 182 cm³/mol. The van der Waals surface area contributed by atoms with Crippen molar-refractivity contribution in [1.82, 2.24) is 24.8 Å². The third-order valence-corrected chi connectivity index (χ3v) is 11.4. The molecule has 3 atom stereocenters. The number of likely N-dealkylation sites (N-methyl/N-ethyl adjacent to an activating group) is 1. The SMILES string of the molecule is C#Cc1c(F)ccc2cccc(-c3ncc4c(N(C)[C@@H]5CCN(C(=O)C=C)[C@@H]5C)nc(OCC56CCCN5CC5(CC5)C6)nc4c3F)c12. The lowest BCUT2D eigenvalue weighted by atomic mass is 9.89. The molecule has 8 nitrogen and oxygen atoms in total. The monoisotopic (exact) mass is 648 g/mol. The van der Waals surface area contributed by atoms with Crippen LogP contribution < -0.4 is 9.64 Å². The molecule has 2 aromatic carbocycles. The lowest BCUT2D eigenvalue weighted by molar-refractivity contribution is -0.126. The van der Waals surface area contributed by atoms with E-state index >= 15 is 4.39 Å². The number of ether oxygens (including phenoxy) is 1. The smallest absolute Gasteiger partial charge is 0.319 e. The molecule has 2 aromatic heterocycles. The fraction of sp³-hybridized carbons (Fsp3) is 0.421. The zero-order valence-corrected chi connectivity index (χ0v) is 27.3. The van der Waals surface area contributed by atoms with Gasteiger partial charge in [0.05, 0.1) is 22.5 Å². The Morgan fingerprint density at radius 3 is 2.81 bits per heavy atom. The highest BCUT2D eigenvalue weighted by molar-refractivity contribution is 6.02. The number of hydrogen-bond acceptors (Lipinski definition) is 7. The van der Waals surface area contributed by atoms with Crippen molar-refractivity contribution in [3.63, 3.8) is 0 Å². The average Bonchev–Trinajstić information content (AvgIpc) is 3.40. The fourth-order valence-corrected chi connectivity index (χ4v) is 8.79. The summed E-state index contributed by atoms with van der Waals surface area (Å²) in [5, 5.41) is 1.50. The quantitative estimate of drug-likeness (QED) is 0.177. The number of carbonyl (C=O) groups is 1. The molecule has 0 N–H and O–H groups in total. The van der Waals surface area contributed by atoms with Crippen LogP contribution in [0, 0.1) is 29.4 Å². The molecule has 0 radical (unpaired) electrons. The van der Waals surface area contributed by atoms with Crippen LogP contribution in [-0.2, 0) is 4.79 Å². The van der Waals surface area contributed by atoms with Crippen molar-refractivity contribution < 1.29 is 18.3 Å². The van der Waals surface area contributed by atoms with Crippen LogP contribution in [0.3, 0.4) is 0 Å². The summed E-state index contributed by atoms with van der Waals surface area (Å²) in [6.45, 7) is 8.82. The van der Waals surface area contributed by atoms with Gasteiger partial charge in [0.1, 0.15) is 29.5 Å². The molecule has 246 valence electrons. The normalized spacial score (nSPS) is 24.3. The van der Waals surface area contributed by atoms with Gasteiger partial charge in [0.2, 0.25) is 5.91 Å². The standard InChI is InChI=1S/C38H38F2N6O2/c1-5-25-28(39)12-11-24-9-7-10-26(31(24)25)33-32(40)34-27(19-41-33)35(44(4)29-13-18-46(23(29)3)30(47)6-2)43-36(42-34)48-22-38-14-8-17-45(38)21-37(20-38)15-16-37/h1,6-7,9-12,19,23,29H,2,8,13-18,20-22H2,3-4H3/t23-,29-,38?/m1/s1. The van der Waals surface area contributed by atoms with Gasteiger partial charge in [0.15, 0.2) is 5.82 Å². The molecule has 1 saturated carbocycles. The number of hydrogen-bond donors (Lipinski definition) is 0. The predicted octanol–water partition coefficient (Wildman–Crippen LogP) is 6.11. The topological polar surface area (TPSA) is 74.7 Å². The van der Waals surface area contributed by atoms with E-state index in [1.54, 1.807) is 29.3 Å². The van der Waals surface area contributed by atoms with Crippen LogP contribution in [0.4, 0.5) is 14.6 Å². The second-order valence-corrected chi connectivity index (χ2v) is 14.1. The first-order chi connectivity index (χ1) is 23.2. The summed E-state index contributed by atoms with van der Waals surface area (Å²) in [6.07, 6.45) is 15.1. The van der Waals surface area contributed by atoms with Crippen LogP contribution in [0.2, 0.25) is 0 Å². The van der Waals surface area contributed by atoms with Gasteiger partial charge in [-0.25, -0.2) is 8.78 Å². The highest BCUT2D eigenvalue weighted by Crippen LogP contribution is 2.60. The molecule has 5 heterocycles. The molecule has 4 aromatic rings. The molecule has 4 fully saturated rings. The third-order valence-electron chi connectivity index (χ3n) is 11.4. The second kappa shape index (κ2) is 11.2. The van der Waals surface area contributed by atoms with Crippen LogP contribution in [0.25, 0.3) is 32.9 Å². The maximum absolute atomic E-state index is 16.9. The zero-order chi connectivity index (χ0) is 33.4. The minimum Gasteiger partial charge on any atom is -0.461 e.